The highest BCUT2D eigenvalue weighted by molar-refractivity contribution is 9.11. The van der Waals surface area contributed by atoms with E-state index in [4.69, 9.17) is 16.3 Å². The molecule has 1 atom stereocenters. The van der Waals surface area contributed by atoms with E-state index in [1.165, 1.54) is 7.11 Å². The molecule has 0 aliphatic heterocycles. The van der Waals surface area contributed by atoms with Crippen molar-refractivity contribution in [1.29, 1.82) is 0 Å². The van der Waals surface area contributed by atoms with Crippen LogP contribution in [0.5, 0.6) is 5.75 Å². The Morgan fingerprint density at radius 2 is 2.00 bits per heavy atom. The molecule has 19 heavy (non-hydrogen) atoms. The molecule has 1 N–H and O–H groups in total. The molecule has 108 valence electrons. The normalized spacial score (nSPS) is 13.1. The van der Waals surface area contributed by atoms with E-state index < -0.39 is 10.0 Å². The second kappa shape index (κ2) is 7.15. The Bertz CT molecular complexity index is 551. The Kier molecular flexibility index (Phi) is 6.42. The first kappa shape index (κ1) is 17.1. The van der Waals surface area contributed by atoms with Gasteiger partial charge in [-0.25, -0.2) is 8.42 Å². The summed E-state index contributed by atoms with van der Waals surface area (Å²) in [4.78, 5) is 0. The fraction of sp³-hybridized carbons (Fsp3) is 0.455. The van der Waals surface area contributed by atoms with E-state index in [9.17, 15) is 8.42 Å². The molecule has 1 rings (SSSR count). The molecular weight excluding hydrogens is 421 g/mol. The van der Waals surface area contributed by atoms with Crippen LogP contribution in [-0.2, 0) is 10.0 Å². The highest BCUT2D eigenvalue weighted by Crippen LogP contribution is 2.35. The van der Waals surface area contributed by atoms with Crippen molar-refractivity contribution in [3.63, 3.8) is 0 Å². The van der Waals surface area contributed by atoms with Gasteiger partial charge in [-0.15, -0.1) is 11.6 Å². The number of nitrogens with one attached hydrogen (secondary N) is 1. The van der Waals surface area contributed by atoms with Gasteiger partial charge in [0.15, 0.2) is 0 Å². The van der Waals surface area contributed by atoms with Crippen LogP contribution in [0.25, 0.3) is 0 Å². The van der Waals surface area contributed by atoms with Crippen LogP contribution < -0.4 is 9.46 Å². The van der Waals surface area contributed by atoms with Crippen molar-refractivity contribution in [2.75, 3.05) is 23.5 Å². The van der Waals surface area contributed by atoms with E-state index in [1.54, 1.807) is 19.1 Å². The van der Waals surface area contributed by atoms with Crippen LogP contribution in [0.15, 0.2) is 21.1 Å². The lowest BCUT2D eigenvalue weighted by atomic mass is 10.3. The minimum atomic E-state index is -3.44. The number of hydrogen-bond donors (Lipinski definition) is 1. The average molecular weight is 436 g/mol. The largest absolute Gasteiger partial charge is 0.495 e. The number of ether oxygens (including phenoxy) is 1. The first-order valence-electron chi connectivity index (χ1n) is 5.38. The standard InChI is InChI=1S/C11H14Br2ClNO3S/c1-7(5-14)6-19(16,17)15-10-4-11(18-2)9(13)3-8(10)12/h3-4,7,15H,5-6H2,1-2H3. The van der Waals surface area contributed by atoms with E-state index in [-0.39, 0.29) is 11.7 Å². The maximum Gasteiger partial charge on any atom is 0.233 e. The number of sulfonamides is 1. The summed E-state index contributed by atoms with van der Waals surface area (Å²) in [6, 6.07) is 3.33. The van der Waals surface area contributed by atoms with Crippen LogP contribution in [0, 0.1) is 5.92 Å². The molecule has 0 heterocycles. The Balaban J connectivity index is 2.99. The fourth-order valence-electron chi connectivity index (χ4n) is 1.39. The third-order valence-corrected chi connectivity index (χ3v) is 5.62. The predicted molar refractivity (Wildman–Crippen MR) is 85.7 cm³/mol. The van der Waals surface area contributed by atoms with Gasteiger partial charge in [-0.2, -0.15) is 0 Å². The summed E-state index contributed by atoms with van der Waals surface area (Å²) in [5.41, 5.74) is 0.432. The van der Waals surface area contributed by atoms with E-state index in [0.29, 0.717) is 21.8 Å². The monoisotopic (exact) mass is 433 g/mol. The van der Waals surface area contributed by atoms with Gasteiger partial charge < -0.3 is 4.74 Å². The summed E-state index contributed by atoms with van der Waals surface area (Å²) in [7, 11) is -1.93. The molecule has 0 aliphatic carbocycles. The number of methoxy groups -OCH3 is 1. The number of rotatable bonds is 6. The molecule has 0 saturated carbocycles. The molecule has 0 radical (unpaired) electrons. The number of hydrogen-bond acceptors (Lipinski definition) is 3. The number of anilines is 1. The van der Waals surface area contributed by atoms with Crippen molar-refractivity contribution in [2.45, 2.75) is 6.92 Å². The Hall–Kier alpha value is 0.0200. The van der Waals surface area contributed by atoms with E-state index in [1.807, 2.05) is 0 Å². The number of alkyl halides is 1. The van der Waals surface area contributed by atoms with Gasteiger partial charge in [0.2, 0.25) is 10.0 Å². The Morgan fingerprint density at radius 1 is 1.37 bits per heavy atom. The van der Waals surface area contributed by atoms with Crippen molar-refractivity contribution in [1.82, 2.24) is 0 Å². The first-order valence-corrected chi connectivity index (χ1v) is 9.16. The zero-order chi connectivity index (χ0) is 14.6. The van der Waals surface area contributed by atoms with Gasteiger partial charge in [-0.3, -0.25) is 4.72 Å². The van der Waals surface area contributed by atoms with Crippen molar-refractivity contribution < 1.29 is 13.2 Å². The predicted octanol–water partition coefficient (Wildman–Crippen LogP) is 3.84. The third-order valence-electron chi connectivity index (χ3n) is 2.27. The Labute approximate surface area is 135 Å². The lowest BCUT2D eigenvalue weighted by Crippen LogP contribution is -2.22. The van der Waals surface area contributed by atoms with Gasteiger partial charge >= 0.3 is 0 Å². The Morgan fingerprint density at radius 3 is 2.53 bits per heavy atom. The second-order valence-electron chi connectivity index (χ2n) is 4.11. The molecule has 0 aromatic heterocycles. The molecule has 1 aromatic carbocycles. The quantitative estimate of drug-likeness (QED) is 0.691. The highest BCUT2D eigenvalue weighted by Gasteiger charge is 2.17. The van der Waals surface area contributed by atoms with Crippen LogP contribution in [0.2, 0.25) is 0 Å². The van der Waals surface area contributed by atoms with Gasteiger partial charge in [0.1, 0.15) is 5.75 Å². The average Bonchev–Trinajstić information content (AvgIpc) is 2.31. The van der Waals surface area contributed by atoms with Crippen LogP contribution in [-0.4, -0.2) is 27.2 Å². The SMILES string of the molecule is COc1cc(NS(=O)(=O)CC(C)CCl)c(Br)cc1Br. The van der Waals surface area contributed by atoms with Crippen LogP contribution >= 0.6 is 43.5 Å². The van der Waals surface area contributed by atoms with Gasteiger partial charge in [0.05, 0.1) is 23.0 Å². The molecule has 0 aliphatic rings. The molecule has 0 saturated heterocycles. The zero-order valence-corrected chi connectivity index (χ0v) is 15.2. The van der Waals surface area contributed by atoms with Gasteiger partial charge in [-0.05, 0) is 43.8 Å². The molecule has 0 amide bonds. The van der Waals surface area contributed by atoms with E-state index in [2.05, 4.69) is 36.6 Å². The number of benzene rings is 1. The number of halogens is 3. The minimum Gasteiger partial charge on any atom is -0.495 e. The zero-order valence-electron chi connectivity index (χ0n) is 10.4. The van der Waals surface area contributed by atoms with Crippen LogP contribution in [0.3, 0.4) is 0 Å². The first-order chi connectivity index (χ1) is 8.79. The maximum absolute atomic E-state index is 12.0. The molecule has 0 bridgehead atoms. The maximum atomic E-state index is 12.0. The van der Waals surface area contributed by atoms with E-state index >= 15 is 0 Å². The third kappa shape index (κ3) is 5.13. The summed E-state index contributed by atoms with van der Waals surface area (Å²) < 4.78 is 32.9. The summed E-state index contributed by atoms with van der Waals surface area (Å²) in [5.74, 6) is 0.703. The summed E-state index contributed by atoms with van der Waals surface area (Å²) >= 11 is 12.3. The van der Waals surface area contributed by atoms with Crippen LogP contribution in [0.1, 0.15) is 6.92 Å². The second-order valence-corrected chi connectivity index (χ2v) is 7.89. The van der Waals surface area contributed by atoms with Crippen molar-refractivity contribution in [2.24, 2.45) is 5.92 Å². The van der Waals surface area contributed by atoms with Crippen molar-refractivity contribution >= 4 is 59.2 Å². The lowest BCUT2D eigenvalue weighted by molar-refractivity contribution is 0.412. The molecule has 4 nitrogen and oxygen atoms in total. The minimum absolute atomic E-state index is 0.0265. The summed E-state index contributed by atoms with van der Waals surface area (Å²) in [6.07, 6.45) is 0. The van der Waals surface area contributed by atoms with Gasteiger partial charge in [-0.1, -0.05) is 6.92 Å². The molecular formula is C11H14Br2ClNO3S. The van der Waals surface area contributed by atoms with Gasteiger partial charge in [0, 0.05) is 16.4 Å². The fourth-order valence-corrected chi connectivity index (χ4v) is 4.47. The molecule has 0 spiro atoms. The van der Waals surface area contributed by atoms with Gasteiger partial charge in [0.25, 0.3) is 0 Å². The van der Waals surface area contributed by atoms with E-state index in [0.717, 1.165) is 4.47 Å². The molecule has 1 aromatic rings. The van der Waals surface area contributed by atoms with Crippen LogP contribution in [0.4, 0.5) is 5.69 Å². The van der Waals surface area contributed by atoms with Crippen molar-refractivity contribution in [3.05, 3.63) is 21.1 Å². The molecule has 0 fully saturated rings. The highest BCUT2D eigenvalue weighted by atomic mass is 79.9. The summed E-state index contributed by atoms with van der Waals surface area (Å²) in [5, 5.41) is 0. The molecule has 1 unspecified atom stereocenters. The smallest absolute Gasteiger partial charge is 0.233 e. The molecule has 8 heteroatoms. The topological polar surface area (TPSA) is 55.4 Å². The lowest BCUT2D eigenvalue weighted by Gasteiger charge is -2.14. The van der Waals surface area contributed by atoms with Crippen molar-refractivity contribution in [3.8, 4) is 5.75 Å². The summed E-state index contributed by atoms with van der Waals surface area (Å²) in [6.45, 7) is 1.78.